The first-order chi connectivity index (χ1) is 9.64. The number of fused-ring (bicyclic) bond motifs is 4. The molecule has 0 fully saturated rings. The summed E-state index contributed by atoms with van der Waals surface area (Å²) in [4.78, 5) is 4.61. The van der Waals surface area contributed by atoms with E-state index in [0.29, 0.717) is 11.8 Å². The predicted octanol–water partition coefficient (Wildman–Crippen LogP) is 2.79. The van der Waals surface area contributed by atoms with Crippen LogP contribution in [0.3, 0.4) is 0 Å². The molecule has 3 nitrogen and oxygen atoms in total. The Morgan fingerprint density at radius 3 is 2.95 bits per heavy atom. The molecule has 0 saturated heterocycles. The fourth-order valence-electron chi connectivity index (χ4n) is 3.96. The van der Waals surface area contributed by atoms with Crippen LogP contribution in [0.15, 0.2) is 35.4 Å². The standard InChI is InChI=1S/C17H21NO2/c1-4-13-12-7-11(2)9-17(13,10-19)14-5-6-16(20-3)18-15(14)8-12/h4-7,12,19H,8-10H2,1-3H3/b13-4+/t12-,17+/m1/s1. The van der Waals surface area contributed by atoms with Gasteiger partial charge in [0.15, 0.2) is 0 Å². The second kappa shape index (κ2) is 4.74. The number of aliphatic hydroxyl groups is 1. The van der Waals surface area contributed by atoms with E-state index in [-0.39, 0.29) is 12.0 Å². The zero-order valence-electron chi connectivity index (χ0n) is 12.3. The van der Waals surface area contributed by atoms with E-state index in [1.807, 2.05) is 6.07 Å². The Kier molecular flexibility index (Phi) is 3.17. The molecular formula is C17H21NO2. The van der Waals surface area contributed by atoms with Gasteiger partial charge in [-0.3, -0.25) is 0 Å². The molecule has 1 N–H and O–H groups in total. The number of rotatable bonds is 2. The second-order valence-corrected chi connectivity index (χ2v) is 5.83. The lowest BCUT2D eigenvalue weighted by Crippen LogP contribution is -2.43. The van der Waals surface area contributed by atoms with Gasteiger partial charge >= 0.3 is 0 Å². The van der Waals surface area contributed by atoms with Crippen molar-refractivity contribution in [1.82, 2.24) is 4.98 Å². The van der Waals surface area contributed by atoms with E-state index < -0.39 is 0 Å². The van der Waals surface area contributed by atoms with Gasteiger partial charge in [-0.2, -0.15) is 0 Å². The number of pyridine rings is 1. The largest absolute Gasteiger partial charge is 0.481 e. The van der Waals surface area contributed by atoms with Gasteiger partial charge in [-0.05, 0) is 25.8 Å². The average molecular weight is 271 g/mol. The van der Waals surface area contributed by atoms with Crippen molar-refractivity contribution in [1.29, 1.82) is 0 Å². The van der Waals surface area contributed by atoms with E-state index in [4.69, 9.17) is 4.74 Å². The first kappa shape index (κ1) is 13.4. The molecule has 0 aliphatic heterocycles. The smallest absolute Gasteiger partial charge is 0.213 e. The maximum Gasteiger partial charge on any atom is 0.213 e. The lowest BCUT2D eigenvalue weighted by Gasteiger charge is -2.46. The molecule has 0 unspecified atom stereocenters. The maximum atomic E-state index is 10.2. The number of ether oxygens (including phenoxy) is 1. The van der Waals surface area contributed by atoms with Crippen molar-refractivity contribution >= 4 is 0 Å². The first-order valence-electron chi connectivity index (χ1n) is 7.14. The molecule has 2 aliphatic rings. The Labute approximate surface area is 120 Å². The third-order valence-electron chi connectivity index (χ3n) is 4.69. The summed E-state index contributed by atoms with van der Waals surface area (Å²) in [7, 11) is 1.64. The summed E-state index contributed by atoms with van der Waals surface area (Å²) in [5.41, 5.74) is 4.64. The summed E-state index contributed by atoms with van der Waals surface area (Å²) >= 11 is 0. The molecule has 3 rings (SSSR count). The molecule has 106 valence electrons. The monoisotopic (exact) mass is 271 g/mol. The first-order valence-corrected chi connectivity index (χ1v) is 7.14. The van der Waals surface area contributed by atoms with Crippen LogP contribution in [-0.4, -0.2) is 23.8 Å². The third kappa shape index (κ3) is 1.73. The van der Waals surface area contributed by atoms with Gasteiger partial charge in [-0.15, -0.1) is 0 Å². The number of hydrogen-bond donors (Lipinski definition) is 1. The van der Waals surface area contributed by atoms with Gasteiger partial charge in [0.25, 0.3) is 0 Å². The summed E-state index contributed by atoms with van der Waals surface area (Å²) in [6.07, 6.45) is 6.27. The molecule has 1 aromatic rings. The van der Waals surface area contributed by atoms with E-state index in [0.717, 1.165) is 24.1 Å². The molecule has 20 heavy (non-hydrogen) atoms. The van der Waals surface area contributed by atoms with Crippen LogP contribution >= 0.6 is 0 Å². The highest BCUT2D eigenvalue weighted by atomic mass is 16.5. The van der Waals surface area contributed by atoms with Crippen molar-refractivity contribution in [2.75, 3.05) is 13.7 Å². The van der Waals surface area contributed by atoms with E-state index in [9.17, 15) is 5.11 Å². The van der Waals surface area contributed by atoms with Gasteiger partial charge in [0.2, 0.25) is 5.88 Å². The zero-order valence-corrected chi connectivity index (χ0v) is 12.3. The molecule has 0 amide bonds. The summed E-state index contributed by atoms with van der Waals surface area (Å²) < 4.78 is 5.24. The SMILES string of the molecule is C/C=C1\[C@@H]2C=C(C)C[C@@]1(CO)c1ccc(OC)nc1C2. The molecule has 0 radical (unpaired) electrons. The van der Waals surface area contributed by atoms with Crippen molar-refractivity contribution in [3.63, 3.8) is 0 Å². The third-order valence-corrected chi connectivity index (χ3v) is 4.69. The molecule has 0 aromatic carbocycles. The number of hydrogen-bond acceptors (Lipinski definition) is 3. The lowest BCUT2D eigenvalue weighted by molar-refractivity contribution is 0.196. The molecule has 0 saturated carbocycles. The minimum absolute atomic E-state index is 0.134. The van der Waals surface area contributed by atoms with Gasteiger partial charge in [0.1, 0.15) is 0 Å². The molecule has 1 heterocycles. The maximum absolute atomic E-state index is 10.2. The molecule has 2 atom stereocenters. The lowest BCUT2D eigenvalue weighted by atomic mass is 9.58. The Bertz CT molecular complexity index is 603. The van der Waals surface area contributed by atoms with Crippen LogP contribution in [0.25, 0.3) is 0 Å². The molecule has 3 heteroatoms. The van der Waals surface area contributed by atoms with Crippen LogP contribution in [0.1, 0.15) is 31.5 Å². The van der Waals surface area contributed by atoms with Crippen molar-refractivity contribution in [2.45, 2.75) is 32.1 Å². The Morgan fingerprint density at radius 1 is 1.50 bits per heavy atom. The van der Waals surface area contributed by atoms with Crippen LogP contribution in [0.5, 0.6) is 5.88 Å². The summed E-state index contributed by atoms with van der Waals surface area (Å²) in [6, 6.07) is 3.98. The van der Waals surface area contributed by atoms with Crippen LogP contribution < -0.4 is 4.74 Å². The topological polar surface area (TPSA) is 42.4 Å². The Hall–Kier alpha value is -1.61. The summed E-state index contributed by atoms with van der Waals surface area (Å²) in [6.45, 7) is 4.37. The fourth-order valence-corrected chi connectivity index (χ4v) is 3.96. The quantitative estimate of drug-likeness (QED) is 0.841. The number of aromatic nitrogens is 1. The molecule has 1 aromatic heterocycles. The second-order valence-electron chi connectivity index (χ2n) is 5.83. The van der Waals surface area contributed by atoms with E-state index >= 15 is 0 Å². The van der Waals surface area contributed by atoms with Gasteiger partial charge in [0.05, 0.1) is 13.7 Å². The van der Waals surface area contributed by atoms with Crippen LogP contribution in [0.4, 0.5) is 0 Å². The molecule has 0 spiro atoms. The van der Waals surface area contributed by atoms with E-state index in [2.05, 4.69) is 37.0 Å². The van der Waals surface area contributed by atoms with E-state index in [1.165, 1.54) is 11.1 Å². The minimum Gasteiger partial charge on any atom is -0.481 e. The summed E-state index contributed by atoms with van der Waals surface area (Å²) in [5, 5.41) is 10.2. The van der Waals surface area contributed by atoms with Crippen LogP contribution in [0.2, 0.25) is 0 Å². The fraction of sp³-hybridized carbons (Fsp3) is 0.471. The highest BCUT2D eigenvalue weighted by Crippen LogP contribution is 2.51. The van der Waals surface area contributed by atoms with Gasteiger partial charge in [0, 0.05) is 29.5 Å². The normalized spacial score (nSPS) is 29.9. The number of aliphatic hydroxyl groups excluding tert-OH is 1. The minimum atomic E-state index is -0.287. The van der Waals surface area contributed by atoms with Crippen molar-refractivity contribution < 1.29 is 9.84 Å². The Morgan fingerprint density at radius 2 is 2.30 bits per heavy atom. The van der Waals surface area contributed by atoms with Crippen molar-refractivity contribution in [3.05, 3.63) is 46.7 Å². The average Bonchev–Trinajstić information content (AvgIpc) is 2.45. The highest BCUT2D eigenvalue weighted by molar-refractivity contribution is 5.51. The van der Waals surface area contributed by atoms with Crippen molar-refractivity contribution in [3.8, 4) is 5.88 Å². The van der Waals surface area contributed by atoms with Gasteiger partial charge in [-0.1, -0.05) is 29.4 Å². The zero-order chi connectivity index (χ0) is 14.3. The molecular weight excluding hydrogens is 250 g/mol. The van der Waals surface area contributed by atoms with Crippen molar-refractivity contribution in [2.24, 2.45) is 5.92 Å². The van der Waals surface area contributed by atoms with Gasteiger partial charge in [-0.25, -0.2) is 4.98 Å². The predicted molar refractivity (Wildman–Crippen MR) is 78.9 cm³/mol. The molecule has 2 bridgehead atoms. The van der Waals surface area contributed by atoms with Crippen LogP contribution in [0, 0.1) is 5.92 Å². The van der Waals surface area contributed by atoms with E-state index in [1.54, 1.807) is 7.11 Å². The molecule has 2 aliphatic carbocycles. The number of methoxy groups -OCH3 is 1. The summed E-state index contributed by atoms with van der Waals surface area (Å²) in [5.74, 6) is 1.01. The highest BCUT2D eigenvalue weighted by Gasteiger charge is 2.46. The Balaban J connectivity index is 2.23. The van der Waals surface area contributed by atoms with Gasteiger partial charge < -0.3 is 9.84 Å². The van der Waals surface area contributed by atoms with Crippen LogP contribution in [-0.2, 0) is 11.8 Å². The number of allylic oxidation sites excluding steroid dienone is 3. The number of nitrogens with zero attached hydrogens (tertiary/aromatic N) is 1.